The Hall–Kier alpha value is -1.55. The number of benzene rings is 1. The maximum absolute atomic E-state index is 12.3. The Morgan fingerprint density at radius 3 is 2.84 bits per heavy atom. The largest absolute Gasteiger partial charge is 0.479 e. The molecule has 1 amide bonds. The first-order valence-electron chi connectivity index (χ1n) is 7.03. The Labute approximate surface area is 113 Å². The first-order chi connectivity index (χ1) is 9.25. The summed E-state index contributed by atoms with van der Waals surface area (Å²) in [5.74, 6) is 1.49. The fourth-order valence-electron chi connectivity index (χ4n) is 2.87. The summed E-state index contributed by atoms with van der Waals surface area (Å²) < 4.78 is 5.66. The summed E-state index contributed by atoms with van der Waals surface area (Å²) in [7, 11) is 0. The molecule has 4 nitrogen and oxygen atoms in total. The lowest BCUT2D eigenvalue weighted by Gasteiger charge is -2.36. The number of hydrogen-bond donors (Lipinski definition) is 1. The van der Waals surface area contributed by atoms with E-state index in [0.717, 1.165) is 43.9 Å². The van der Waals surface area contributed by atoms with E-state index in [1.807, 2.05) is 36.1 Å². The molecule has 4 heteroatoms. The minimum atomic E-state index is -0.378. The molecule has 2 heterocycles. The Morgan fingerprint density at radius 1 is 1.32 bits per heavy atom. The van der Waals surface area contributed by atoms with Crippen LogP contribution in [-0.4, -0.2) is 31.6 Å². The van der Waals surface area contributed by atoms with E-state index >= 15 is 0 Å². The molecule has 1 saturated heterocycles. The number of anilines is 1. The zero-order chi connectivity index (χ0) is 13.2. The molecule has 0 bridgehead atoms. The summed E-state index contributed by atoms with van der Waals surface area (Å²) in [6.45, 7) is 4.75. The minimum absolute atomic E-state index is 0.0808. The van der Waals surface area contributed by atoms with Crippen LogP contribution in [0.1, 0.15) is 19.8 Å². The first kappa shape index (κ1) is 12.5. The maximum atomic E-state index is 12.3. The molecule has 1 aromatic carbocycles. The van der Waals surface area contributed by atoms with Gasteiger partial charge < -0.3 is 15.0 Å². The second kappa shape index (κ2) is 5.21. The third kappa shape index (κ3) is 2.45. The van der Waals surface area contributed by atoms with Crippen molar-refractivity contribution < 1.29 is 9.53 Å². The van der Waals surface area contributed by atoms with E-state index in [4.69, 9.17) is 4.74 Å². The third-order valence-corrected chi connectivity index (χ3v) is 3.97. The molecular formula is C15H20N2O2. The van der Waals surface area contributed by atoms with Crippen molar-refractivity contribution in [3.05, 3.63) is 24.3 Å². The molecule has 1 N–H and O–H groups in total. The predicted octanol–water partition coefficient (Wildman–Crippen LogP) is 1.80. The van der Waals surface area contributed by atoms with Crippen LogP contribution in [0, 0.1) is 5.92 Å². The van der Waals surface area contributed by atoms with Crippen molar-refractivity contribution >= 4 is 11.6 Å². The number of ether oxygens (including phenoxy) is 1. The number of para-hydroxylation sites is 2. The molecule has 2 aliphatic rings. The van der Waals surface area contributed by atoms with Crippen molar-refractivity contribution in [2.24, 2.45) is 5.92 Å². The van der Waals surface area contributed by atoms with Crippen LogP contribution in [0.2, 0.25) is 0 Å². The first-order valence-corrected chi connectivity index (χ1v) is 7.03. The smallest absolute Gasteiger partial charge is 0.267 e. The van der Waals surface area contributed by atoms with Gasteiger partial charge in [0.25, 0.3) is 5.91 Å². The number of piperidine rings is 1. The maximum Gasteiger partial charge on any atom is 0.267 e. The molecule has 1 unspecified atom stereocenters. The summed E-state index contributed by atoms with van der Waals surface area (Å²) in [5, 5.41) is 3.36. The molecule has 2 aliphatic heterocycles. The van der Waals surface area contributed by atoms with Crippen LogP contribution >= 0.6 is 0 Å². The van der Waals surface area contributed by atoms with Gasteiger partial charge in [0.2, 0.25) is 0 Å². The average Bonchev–Trinajstić information content (AvgIpc) is 2.45. The highest BCUT2D eigenvalue weighted by atomic mass is 16.5. The minimum Gasteiger partial charge on any atom is -0.479 e. The van der Waals surface area contributed by atoms with E-state index in [2.05, 4.69) is 5.32 Å². The fourth-order valence-corrected chi connectivity index (χ4v) is 2.87. The fraction of sp³-hybridized carbons (Fsp3) is 0.533. The van der Waals surface area contributed by atoms with E-state index in [-0.39, 0.29) is 12.0 Å². The average molecular weight is 260 g/mol. The summed E-state index contributed by atoms with van der Waals surface area (Å²) in [6.07, 6.45) is 1.90. The summed E-state index contributed by atoms with van der Waals surface area (Å²) in [4.78, 5) is 14.3. The molecule has 3 rings (SSSR count). The lowest BCUT2D eigenvalue weighted by molar-refractivity contribution is -0.125. The van der Waals surface area contributed by atoms with E-state index < -0.39 is 0 Å². The normalized spacial score (nSPS) is 23.9. The van der Waals surface area contributed by atoms with Crippen LogP contribution in [0.4, 0.5) is 5.69 Å². The van der Waals surface area contributed by atoms with Gasteiger partial charge in [-0.15, -0.1) is 0 Å². The molecule has 1 aromatic rings. The number of amides is 1. The highest BCUT2D eigenvalue weighted by Gasteiger charge is 2.32. The number of carbonyl (C=O) groups is 1. The van der Waals surface area contributed by atoms with Crippen molar-refractivity contribution in [3.63, 3.8) is 0 Å². The van der Waals surface area contributed by atoms with E-state index in [9.17, 15) is 4.79 Å². The van der Waals surface area contributed by atoms with Gasteiger partial charge in [0.05, 0.1) is 5.69 Å². The molecule has 0 aliphatic carbocycles. The lowest BCUT2D eigenvalue weighted by atomic mass is 9.96. The second-order valence-corrected chi connectivity index (χ2v) is 5.37. The van der Waals surface area contributed by atoms with Crippen LogP contribution in [-0.2, 0) is 4.79 Å². The van der Waals surface area contributed by atoms with Crippen molar-refractivity contribution in [2.45, 2.75) is 25.9 Å². The summed E-state index contributed by atoms with van der Waals surface area (Å²) in [6, 6.07) is 7.82. The van der Waals surface area contributed by atoms with E-state index in [1.165, 1.54) is 0 Å². The molecule has 0 spiro atoms. The van der Waals surface area contributed by atoms with Crippen molar-refractivity contribution in [1.82, 2.24) is 5.32 Å². The highest BCUT2D eigenvalue weighted by molar-refractivity contribution is 5.99. The Morgan fingerprint density at radius 2 is 2.05 bits per heavy atom. The van der Waals surface area contributed by atoms with Gasteiger partial charge in [0, 0.05) is 6.54 Å². The number of fused-ring (bicyclic) bond motifs is 1. The van der Waals surface area contributed by atoms with Gasteiger partial charge in [-0.25, -0.2) is 0 Å². The third-order valence-electron chi connectivity index (χ3n) is 3.97. The standard InChI is InChI=1S/C15H20N2O2/c1-11-15(18)17(10-12-6-8-16-9-7-12)13-4-2-3-5-14(13)19-11/h2-5,11-12,16H,6-10H2,1H3. The van der Waals surface area contributed by atoms with Crippen molar-refractivity contribution in [3.8, 4) is 5.75 Å². The molecule has 1 atom stereocenters. The molecule has 102 valence electrons. The Kier molecular flexibility index (Phi) is 3.42. The van der Waals surface area contributed by atoms with Gasteiger partial charge >= 0.3 is 0 Å². The molecule has 0 saturated carbocycles. The zero-order valence-corrected chi connectivity index (χ0v) is 11.3. The number of hydrogen-bond acceptors (Lipinski definition) is 3. The lowest BCUT2D eigenvalue weighted by Crippen LogP contribution is -2.47. The van der Waals surface area contributed by atoms with E-state index in [0.29, 0.717) is 5.92 Å². The van der Waals surface area contributed by atoms with Gasteiger partial charge in [-0.1, -0.05) is 12.1 Å². The van der Waals surface area contributed by atoms with Gasteiger partial charge in [-0.05, 0) is 50.9 Å². The van der Waals surface area contributed by atoms with Gasteiger partial charge in [0.1, 0.15) is 5.75 Å². The molecular weight excluding hydrogens is 240 g/mol. The van der Waals surface area contributed by atoms with Gasteiger partial charge in [0.15, 0.2) is 6.10 Å². The predicted molar refractivity (Wildman–Crippen MR) is 74.5 cm³/mol. The molecule has 1 fully saturated rings. The SMILES string of the molecule is CC1Oc2ccccc2N(CC2CCNCC2)C1=O. The zero-order valence-electron chi connectivity index (χ0n) is 11.3. The van der Waals surface area contributed by atoms with Crippen LogP contribution in [0.5, 0.6) is 5.75 Å². The number of nitrogens with one attached hydrogen (secondary N) is 1. The van der Waals surface area contributed by atoms with Crippen molar-refractivity contribution in [2.75, 3.05) is 24.5 Å². The second-order valence-electron chi connectivity index (χ2n) is 5.37. The summed E-state index contributed by atoms with van der Waals surface area (Å²) in [5.41, 5.74) is 0.920. The van der Waals surface area contributed by atoms with Gasteiger partial charge in [-0.3, -0.25) is 4.79 Å². The van der Waals surface area contributed by atoms with Crippen LogP contribution in [0.15, 0.2) is 24.3 Å². The number of rotatable bonds is 2. The van der Waals surface area contributed by atoms with E-state index in [1.54, 1.807) is 0 Å². The quantitative estimate of drug-likeness (QED) is 0.881. The molecule has 0 aromatic heterocycles. The van der Waals surface area contributed by atoms with Crippen LogP contribution in [0.25, 0.3) is 0 Å². The topological polar surface area (TPSA) is 41.6 Å². The molecule has 19 heavy (non-hydrogen) atoms. The number of nitrogens with zero attached hydrogens (tertiary/aromatic N) is 1. The summed E-state index contributed by atoms with van der Waals surface area (Å²) >= 11 is 0. The highest BCUT2D eigenvalue weighted by Crippen LogP contribution is 2.34. The van der Waals surface area contributed by atoms with Crippen LogP contribution < -0.4 is 15.0 Å². The Balaban J connectivity index is 1.83. The number of carbonyl (C=O) groups excluding carboxylic acids is 1. The van der Waals surface area contributed by atoms with Crippen LogP contribution in [0.3, 0.4) is 0 Å². The molecule has 0 radical (unpaired) electrons. The van der Waals surface area contributed by atoms with Crippen molar-refractivity contribution in [1.29, 1.82) is 0 Å². The Bertz CT molecular complexity index is 469. The van der Waals surface area contributed by atoms with Gasteiger partial charge in [-0.2, -0.15) is 0 Å². The monoisotopic (exact) mass is 260 g/mol.